The lowest BCUT2D eigenvalue weighted by molar-refractivity contribution is 0.292. The summed E-state index contributed by atoms with van der Waals surface area (Å²) in [6.07, 6.45) is 0.717. The Kier molecular flexibility index (Phi) is 3.85. The fourth-order valence-electron chi connectivity index (χ4n) is 1.28. The minimum absolute atomic E-state index is 0.188. The van der Waals surface area contributed by atoms with E-state index in [1.807, 2.05) is 29.6 Å². The molecule has 2 N–H and O–H groups in total. The van der Waals surface area contributed by atoms with E-state index in [0.717, 1.165) is 16.4 Å². The zero-order valence-corrected chi connectivity index (χ0v) is 9.57. The highest BCUT2D eigenvalue weighted by molar-refractivity contribution is 7.13. The van der Waals surface area contributed by atoms with Crippen LogP contribution in [0.3, 0.4) is 0 Å². The first kappa shape index (κ1) is 11.0. The Balaban J connectivity index is 2.00. The molecule has 0 saturated heterocycles. The predicted octanol–water partition coefficient (Wildman–Crippen LogP) is 2.00. The van der Waals surface area contributed by atoms with E-state index in [9.17, 15) is 0 Å². The molecule has 0 radical (unpaired) electrons. The molecule has 0 atom stereocenters. The van der Waals surface area contributed by atoms with Crippen molar-refractivity contribution in [3.05, 3.63) is 29.6 Å². The maximum absolute atomic E-state index is 8.64. The summed E-state index contributed by atoms with van der Waals surface area (Å²) in [6, 6.07) is 7.86. The number of aliphatic hydroxyl groups is 1. The molecule has 84 valence electrons. The number of rotatable bonds is 5. The molecule has 4 nitrogen and oxygen atoms in total. The first-order chi connectivity index (χ1) is 7.90. The van der Waals surface area contributed by atoms with Crippen molar-refractivity contribution in [1.82, 2.24) is 10.2 Å². The van der Waals surface area contributed by atoms with Crippen molar-refractivity contribution >= 4 is 17.2 Å². The molecule has 0 bridgehead atoms. The molecule has 0 spiro atoms. The minimum Gasteiger partial charge on any atom is -0.396 e. The third-order valence-corrected chi connectivity index (χ3v) is 2.97. The molecule has 2 heterocycles. The second-order valence-electron chi connectivity index (χ2n) is 3.29. The van der Waals surface area contributed by atoms with E-state index in [0.29, 0.717) is 13.0 Å². The summed E-state index contributed by atoms with van der Waals surface area (Å²) in [7, 11) is 0. The quantitative estimate of drug-likeness (QED) is 0.778. The highest BCUT2D eigenvalue weighted by Gasteiger charge is 2.01. The SMILES string of the molecule is OCCCNc1ccc(-c2cccs2)nn1. The number of aromatic nitrogens is 2. The van der Waals surface area contributed by atoms with Crippen molar-refractivity contribution in [1.29, 1.82) is 0 Å². The van der Waals surface area contributed by atoms with Crippen LogP contribution in [0.2, 0.25) is 0 Å². The van der Waals surface area contributed by atoms with Gasteiger partial charge in [0.2, 0.25) is 0 Å². The van der Waals surface area contributed by atoms with Gasteiger partial charge in [0.1, 0.15) is 11.5 Å². The van der Waals surface area contributed by atoms with Gasteiger partial charge in [0, 0.05) is 13.2 Å². The number of hydrogen-bond acceptors (Lipinski definition) is 5. The fraction of sp³-hybridized carbons (Fsp3) is 0.273. The van der Waals surface area contributed by atoms with Crippen LogP contribution in [0.15, 0.2) is 29.6 Å². The van der Waals surface area contributed by atoms with E-state index in [-0.39, 0.29) is 6.61 Å². The molecule has 0 amide bonds. The summed E-state index contributed by atoms with van der Waals surface area (Å²) in [4.78, 5) is 1.12. The van der Waals surface area contributed by atoms with Gasteiger partial charge in [0.05, 0.1) is 4.88 Å². The highest BCUT2D eigenvalue weighted by atomic mass is 32.1. The molecular weight excluding hydrogens is 222 g/mol. The van der Waals surface area contributed by atoms with Gasteiger partial charge in [-0.2, -0.15) is 0 Å². The minimum atomic E-state index is 0.188. The van der Waals surface area contributed by atoms with E-state index in [1.165, 1.54) is 0 Å². The second kappa shape index (κ2) is 5.58. The monoisotopic (exact) mass is 235 g/mol. The van der Waals surface area contributed by atoms with E-state index >= 15 is 0 Å². The zero-order chi connectivity index (χ0) is 11.2. The number of anilines is 1. The third-order valence-electron chi connectivity index (χ3n) is 2.08. The number of hydrogen-bond donors (Lipinski definition) is 2. The average molecular weight is 235 g/mol. The van der Waals surface area contributed by atoms with Crippen LogP contribution in [0.25, 0.3) is 10.6 Å². The van der Waals surface area contributed by atoms with Gasteiger partial charge in [-0.25, -0.2) is 0 Å². The Morgan fingerprint density at radius 2 is 2.19 bits per heavy atom. The van der Waals surface area contributed by atoms with Gasteiger partial charge in [-0.15, -0.1) is 21.5 Å². The maximum Gasteiger partial charge on any atom is 0.148 e. The number of aliphatic hydroxyl groups excluding tert-OH is 1. The summed E-state index contributed by atoms with van der Waals surface area (Å²) >= 11 is 1.65. The van der Waals surface area contributed by atoms with E-state index < -0.39 is 0 Å². The number of thiophene rings is 1. The molecule has 0 aliphatic carbocycles. The Bertz CT molecular complexity index is 413. The standard InChI is InChI=1S/C11H13N3OS/c15-7-2-6-12-11-5-4-9(13-14-11)10-3-1-8-16-10/h1,3-5,8,15H,2,6-7H2,(H,12,14). The fourth-order valence-corrected chi connectivity index (χ4v) is 1.97. The molecule has 0 aliphatic heterocycles. The number of nitrogens with one attached hydrogen (secondary N) is 1. The third kappa shape index (κ3) is 2.77. The number of nitrogens with zero attached hydrogens (tertiary/aromatic N) is 2. The van der Waals surface area contributed by atoms with Crippen LogP contribution in [0, 0.1) is 0 Å². The van der Waals surface area contributed by atoms with Gasteiger partial charge in [-0.1, -0.05) is 6.07 Å². The lowest BCUT2D eigenvalue weighted by atomic mass is 10.3. The Labute approximate surface area is 98.0 Å². The smallest absolute Gasteiger partial charge is 0.148 e. The topological polar surface area (TPSA) is 58.0 Å². The molecule has 0 saturated carbocycles. The van der Waals surface area contributed by atoms with Gasteiger partial charge in [0.25, 0.3) is 0 Å². The van der Waals surface area contributed by atoms with Gasteiger partial charge in [-0.3, -0.25) is 0 Å². The Hall–Kier alpha value is -1.46. The molecule has 16 heavy (non-hydrogen) atoms. The summed E-state index contributed by atoms with van der Waals surface area (Å²) < 4.78 is 0. The van der Waals surface area contributed by atoms with Crippen molar-refractivity contribution in [2.45, 2.75) is 6.42 Å². The maximum atomic E-state index is 8.64. The van der Waals surface area contributed by atoms with E-state index in [4.69, 9.17) is 5.11 Å². The zero-order valence-electron chi connectivity index (χ0n) is 8.76. The van der Waals surface area contributed by atoms with Gasteiger partial charge in [0.15, 0.2) is 0 Å². The lowest BCUT2D eigenvalue weighted by Gasteiger charge is -2.03. The van der Waals surface area contributed by atoms with E-state index in [2.05, 4.69) is 15.5 Å². The van der Waals surface area contributed by atoms with Crippen molar-refractivity contribution in [2.24, 2.45) is 0 Å². The van der Waals surface area contributed by atoms with Crippen LogP contribution in [0.4, 0.5) is 5.82 Å². The Morgan fingerprint density at radius 3 is 2.81 bits per heavy atom. The predicted molar refractivity (Wildman–Crippen MR) is 65.5 cm³/mol. The molecule has 0 unspecified atom stereocenters. The summed E-state index contributed by atoms with van der Waals surface area (Å²) in [5, 5.41) is 22.0. The van der Waals surface area contributed by atoms with Crippen LogP contribution < -0.4 is 5.32 Å². The van der Waals surface area contributed by atoms with Crippen molar-refractivity contribution in [3.8, 4) is 10.6 Å². The first-order valence-electron chi connectivity index (χ1n) is 5.12. The van der Waals surface area contributed by atoms with Crippen LogP contribution in [-0.4, -0.2) is 28.5 Å². The van der Waals surface area contributed by atoms with Gasteiger partial charge in [-0.05, 0) is 30.0 Å². The molecule has 2 rings (SSSR count). The molecule has 5 heteroatoms. The van der Waals surface area contributed by atoms with E-state index in [1.54, 1.807) is 11.3 Å². The molecule has 0 aliphatic rings. The highest BCUT2D eigenvalue weighted by Crippen LogP contribution is 2.22. The van der Waals surface area contributed by atoms with Crippen LogP contribution in [0.1, 0.15) is 6.42 Å². The second-order valence-corrected chi connectivity index (χ2v) is 4.23. The van der Waals surface area contributed by atoms with Crippen LogP contribution in [-0.2, 0) is 0 Å². The summed E-state index contributed by atoms with van der Waals surface area (Å²) in [5.41, 5.74) is 0.891. The van der Waals surface area contributed by atoms with Crippen molar-refractivity contribution < 1.29 is 5.11 Å². The van der Waals surface area contributed by atoms with Gasteiger partial charge < -0.3 is 10.4 Å². The molecule has 2 aromatic rings. The molecule has 0 aromatic carbocycles. The molecule has 0 fully saturated rings. The van der Waals surface area contributed by atoms with Gasteiger partial charge >= 0.3 is 0 Å². The van der Waals surface area contributed by atoms with Crippen molar-refractivity contribution in [2.75, 3.05) is 18.5 Å². The average Bonchev–Trinajstić information content (AvgIpc) is 2.84. The summed E-state index contributed by atoms with van der Waals surface area (Å²) in [5.74, 6) is 0.744. The first-order valence-corrected chi connectivity index (χ1v) is 6.00. The Morgan fingerprint density at radius 1 is 1.25 bits per heavy atom. The van der Waals surface area contributed by atoms with Crippen LogP contribution in [0.5, 0.6) is 0 Å². The summed E-state index contributed by atoms with van der Waals surface area (Å²) in [6.45, 7) is 0.900. The van der Waals surface area contributed by atoms with Crippen LogP contribution >= 0.6 is 11.3 Å². The van der Waals surface area contributed by atoms with Crippen molar-refractivity contribution in [3.63, 3.8) is 0 Å². The molecular formula is C11H13N3OS. The largest absolute Gasteiger partial charge is 0.396 e. The normalized spacial score (nSPS) is 10.3. The lowest BCUT2D eigenvalue weighted by Crippen LogP contribution is -2.05. The molecule has 2 aromatic heterocycles.